The van der Waals surface area contributed by atoms with Crippen molar-refractivity contribution in [3.05, 3.63) is 64.1 Å². The van der Waals surface area contributed by atoms with Gasteiger partial charge in [0.05, 0.1) is 12.0 Å². The molecule has 2 atom stereocenters. The zero-order chi connectivity index (χ0) is 19.3. The summed E-state index contributed by atoms with van der Waals surface area (Å²) in [6.07, 6.45) is 0. The average molecular weight is 428 g/mol. The lowest BCUT2D eigenvalue weighted by Gasteiger charge is -2.47. The molecular weight excluding hydrogens is 410 g/mol. The molecule has 5 nitrogen and oxygen atoms in total. The van der Waals surface area contributed by atoms with Crippen LogP contribution in [0.25, 0.3) is 0 Å². The molecule has 0 radical (unpaired) electrons. The normalized spacial score (nSPS) is 23.5. The van der Waals surface area contributed by atoms with Gasteiger partial charge in [-0.25, -0.2) is 0 Å². The second-order valence-corrected chi connectivity index (χ2v) is 8.41. The summed E-state index contributed by atoms with van der Waals surface area (Å²) in [6, 6.07) is 14.6. The number of nitrogens with zero attached hydrogens (tertiary/aromatic N) is 1. The maximum Gasteiger partial charge on any atom is 0.324 e. The zero-order valence-electron chi connectivity index (χ0n) is 14.9. The quantitative estimate of drug-likeness (QED) is 0.317. The largest absolute Gasteiger partial charge is 0.426 e. The van der Waals surface area contributed by atoms with Crippen LogP contribution in [-0.2, 0) is 20.9 Å². The fourth-order valence-corrected chi connectivity index (χ4v) is 4.43. The number of rotatable bonds is 2. The van der Waals surface area contributed by atoms with Crippen LogP contribution in [0.4, 0.5) is 0 Å². The molecule has 2 heterocycles. The maximum absolute atomic E-state index is 13.3. The summed E-state index contributed by atoms with van der Waals surface area (Å²) in [6.45, 7) is 3.73. The number of piperidine rings is 1. The van der Waals surface area contributed by atoms with Crippen LogP contribution in [0.3, 0.4) is 0 Å². The minimum atomic E-state index is -1.02. The molecule has 27 heavy (non-hydrogen) atoms. The molecule has 2 amide bonds. The van der Waals surface area contributed by atoms with Crippen molar-refractivity contribution in [2.45, 2.75) is 26.3 Å². The van der Waals surface area contributed by atoms with Gasteiger partial charge >= 0.3 is 5.97 Å². The van der Waals surface area contributed by atoms with Gasteiger partial charge in [-0.05, 0) is 23.8 Å². The van der Waals surface area contributed by atoms with Crippen LogP contribution in [0.1, 0.15) is 30.9 Å². The van der Waals surface area contributed by atoms with Crippen molar-refractivity contribution >= 4 is 33.7 Å². The number of amides is 2. The maximum atomic E-state index is 13.3. The van der Waals surface area contributed by atoms with Gasteiger partial charge in [-0.15, -0.1) is 0 Å². The fourth-order valence-electron chi connectivity index (χ4n) is 4.06. The molecule has 2 unspecified atom stereocenters. The van der Waals surface area contributed by atoms with Crippen LogP contribution in [0, 0.1) is 11.3 Å². The van der Waals surface area contributed by atoms with Crippen LogP contribution in [0.5, 0.6) is 5.75 Å². The summed E-state index contributed by atoms with van der Waals surface area (Å²) in [7, 11) is 0. The van der Waals surface area contributed by atoms with Gasteiger partial charge in [-0.1, -0.05) is 60.1 Å². The van der Waals surface area contributed by atoms with Crippen molar-refractivity contribution in [2.24, 2.45) is 11.3 Å². The summed E-state index contributed by atoms with van der Waals surface area (Å²) in [5.74, 6) is -2.54. The minimum Gasteiger partial charge on any atom is -0.426 e. The van der Waals surface area contributed by atoms with E-state index in [0.29, 0.717) is 11.3 Å². The Kier molecular flexibility index (Phi) is 4.18. The predicted molar refractivity (Wildman–Crippen MR) is 102 cm³/mol. The van der Waals surface area contributed by atoms with E-state index in [1.807, 2.05) is 36.4 Å². The van der Waals surface area contributed by atoms with E-state index in [0.717, 1.165) is 10.0 Å². The molecule has 2 aromatic carbocycles. The molecule has 1 saturated heterocycles. The Morgan fingerprint density at radius 2 is 1.78 bits per heavy atom. The molecule has 0 N–H and O–H groups in total. The molecule has 0 bridgehead atoms. The van der Waals surface area contributed by atoms with Crippen LogP contribution in [-0.4, -0.2) is 22.7 Å². The number of esters is 1. The van der Waals surface area contributed by atoms with Gasteiger partial charge in [0.1, 0.15) is 11.7 Å². The van der Waals surface area contributed by atoms with Gasteiger partial charge in [0.25, 0.3) is 0 Å². The van der Waals surface area contributed by atoms with Gasteiger partial charge < -0.3 is 4.74 Å². The van der Waals surface area contributed by atoms with Crippen molar-refractivity contribution in [3.63, 3.8) is 0 Å². The molecule has 2 aliphatic heterocycles. The van der Waals surface area contributed by atoms with E-state index in [9.17, 15) is 14.4 Å². The number of halogens is 1. The van der Waals surface area contributed by atoms with Crippen LogP contribution < -0.4 is 4.74 Å². The highest BCUT2D eigenvalue weighted by Gasteiger charge is 2.59. The molecular formula is C21H18BrNO4. The molecule has 2 aromatic rings. The highest BCUT2D eigenvalue weighted by atomic mass is 79.9. The lowest BCUT2D eigenvalue weighted by molar-refractivity contribution is -0.169. The third kappa shape index (κ3) is 2.79. The van der Waals surface area contributed by atoms with Crippen molar-refractivity contribution < 1.29 is 19.1 Å². The van der Waals surface area contributed by atoms with Gasteiger partial charge in [-0.3, -0.25) is 19.3 Å². The molecule has 0 aromatic heterocycles. The Labute approximate surface area is 165 Å². The number of carbonyl (C=O) groups is 3. The first-order chi connectivity index (χ1) is 12.8. The Hall–Kier alpha value is -2.47. The highest BCUT2D eigenvalue weighted by molar-refractivity contribution is 9.10. The van der Waals surface area contributed by atoms with Crippen molar-refractivity contribution in [3.8, 4) is 5.75 Å². The monoisotopic (exact) mass is 427 g/mol. The second-order valence-electron chi connectivity index (χ2n) is 7.50. The molecule has 0 aliphatic carbocycles. The van der Waals surface area contributed by atoms with E-state index in [-0.39, 0.29) is 12.5 Å². The Bertz CT molecular complexity index is 954. The number of benzene rings is 2. The number of imide groups is 1. The van der Waals surface area contributed by atoms with Crippen molar-refractivity contribution in [2.75, 3.05) is 0 Å². The molecule has 1 fully saturated rings. The SMILES string of the molecule is CC1(C)C(=O)N(Cc2ccccc2)C(=O)C2C(=O)Oc3ccc(Br)cc3C21. The number of carbonyl (C=O) groups excluding carboxylic acids is 3. The van der Waals surface area contributed by atoms with E-state index in [4.69, 9.17) is 4.74 Å². The Balaban J connectivity index is 1.80. The number of ether oxygens (including phenoxy) is 1. The van der Waals surface area contributed by atoms with E-state index >= 15 is 0 Å². The summed E-state index contributed by atoms with van der Waals surface area (Å²) < 4.78 is 6.24. The number of likely N-dealkylation sites (tertiary alicyclic amines) is 1. The summed E-state index contributed by atoms with van der Waals surface area (Å²) in [4.78, 5) is 40.3. The van der Waals surface area contributed by atoms with E-state index in [2.05, 4.69) is 15.9 Å². The second kappa shape index (κ2) is 6.30. The van der Waals surface area contributed by atoms with Gasteiger partial charge in [0.15, 0.2) is 0 Å². The van der Waals surface area contributed by atoms with Crippen LogP contribution in [0.15, 0.2) is 53.0 Å². The Morgan fingerprint density at radius 3 is 2.48 bits per heavy atom. The fraction of sp³-hybridized carbons (Fsp3) is 0.286. The van der Waals surface area contributed by atoms with Crippen molar-refractivity contribution in [1.82, 2.24) is 4.90 Å². The average Bonchev–Trinajstić information content (AvgIpc) is 2.64. The van der Waals surface area contributed by atoms with E-state index in [1.54, 1.807) is 26.0 Å². The zero-order valence-corrected chi connectivity index (χ0v) is 16.5. The first-order valence-electron chi connectivity index (χ1n) is 8.71. The van der Waals surface area contributed by atoms with Crippen molar-refractivity contribution in [1.29, 1.82) is 0 Å². The highest BCUT2D eigenvalue weighted by Crippen LogP contribution is 2.52. The lowest BCUT2D eigenvalue weighted by atomic mass is 9.63. The van der Waals surface area contributed by atoms with Crippen LogP contribution in [0.2, 0.25) is 0 Å². The minimum absolute atomic E-state index is 0.143. The third-order valence-corrected chi connectivity index (χ3v) is 5.89. The first kappa shape index (κ1) is 17.9. The smallest absolute Gasteiger partial charge is 0.324 e. The van der Waals surface area contributed by atoms with Gasteiger partial charge in [0, 0.05) is 16.0 Å². The lowest BCUT2D eigenvalue weighted by Crippen LogP contribution is -2.60. The Morgan fingerprint density at radius 1 is 1.07 bits per heavy atom. The third-order valence-electron chi connectivity index (χ3n) is 5.39. The van der Waals surface area contributed by atoms with Gasteiger partial charge in [-0.2, -0.15) is 0 Å². The summed E-state index contributed by atoms with van der Waals surface area (Å²) >= 11 is 3.43. The molecule has 138 valence electrons. The standard InChI is InChI=1S/C21H18BrNO4/c1-21(2)17-14-10-13(22)8-9-15(14)27-19(25)16(17)18(24)23(20(21)26)11-12-6-4-3-5-7-12/h3-10,16-17H,11H2,1-2H3. The predicted octanol–water partition coefficient (Wildman–Crippen LogP) is 3.66. The number of fused-ring (bicyclic) bond motifs is 3. The summed E-state index contributed by atoms with van der Waals surface area (Å²) in [5.41, 5.74) is 0.614. The molecule has 6 heteroatoms. The molecule has 0 spiro atoms. The van der Waals surface area contributed by atoms with E-state index in [1.165, 1.54) is 4.90 Å². The number of hydrogen-bond donors (Lipinski definition) is 0. The number of hydrogen-bond acceptors (Lipinski definition) is 4. The van der Waals surface area contributed by atoms with Crippen LogP contribution >= 0.6 is 15.9 Å². The summed E-state index contributed by atoms with van der Waals surface area (Å²) in [5, 5.41) is 0. The molecule has 2 aliphatic rings. The van der Waals surface area contributed by atoms with E-state index < -0.39 is 29.1 Å². The molecule has 4 rings (SSSR count). The first-order valence-corrected chi connectivity index (χ1v) is 9.51. The molecule has 0 saturated carbocycles. The topological polar surface area (TPSA) is 63.7 Å². The van der Waals surface area contributed by atoms with Gasteiger partial charge in [0.2, 0.25) is 11.8 Å².